The van der Waals surface area contributed by atoms with E-state index in [1.165, 1.54) is 25.7 Å². The molecule has 2 nitrogen and oxygen atoms in total. The van der Waals surface area contributed by atoms with Gasteiger partial charge in [-0.15, -0.1) is 11.3 Å². The Bertz CT molecular complexity index is 636. The molecule has 1 aromatic carbocycles. The maximum Gasteiger partial charge on any atom is 0.143 e. The fraction of sp³-hybridized carbons (Fsp3) is 0.444. The zero-order chi connectivity index (χ0) is 14.2. The van der Waals surface area contributed by atoms with Gasteiger partial charge >= 0.3 is 0 Å². The largest absolute Gasteiger partial charge is 0.299 e. The predicted octanol–water partition coefficient (Wildman–Crippen LogP) is 4.36. The number of carbonyl (C=O) groups excluding carboxylic acids is 1. The van der Waals surface area contributed by atoms with Crippen molar-refractivity contribution in [3.05, 3.63) is 40.7 Å². The highest BCUT2D eigenvalue weighted by molar-refractivity contribution is 7.10. The normalized spacial score (nSPS) is 27.1. The number of carbonyl (C=O) groups is 1. The van der Waals surface area contributed by atoms with Crippen molar-refractivity contribution < 1.29 is 4.79 Å². The Hall–Kier alpha value is -1.48. The molecular weight excluding hydrogens is 278 g/mol. The lowest BCUT2D eigenvalue weighted by Crippen LogP contribution is -2.07. The molecule has 0 N–H and O–H groups in total. The van der Waals surface area contributed by atoms with Gasteiger partial charge in [-0.3, -0.25) is 4.79 Å². The molecule has 0 radical (unpaired) electrons. The minimum absolute atomic E-state index is 0.358. The summed E-state index contributed by atoms with van der Waals surface area (Å²) in [5.74, 6) is 2.21. The number of thiazole rings is 1. The van der Waals surface area contributed by atoms with Crippen LogP contribution < -0.4 is 0 Å². The van der Waals surface area contributed by atoms with Crippen LogP contribution in [0.1, 0.15) is 30.7 Å². The van der Waals surface area contributed by atoms with Crippen molar-refractivity contribution in [2.75, 3.05) is 0 Å². The number of rotatable bonds is 4. The van der Waals surface area contributed by atoms with Gasteiger partial charge in [-0.05, 0) is 24.7 Å². The summed E-state index contributed by atoms with van der Waals surface area (Å²) in [5, 5.41) is 3.04. The second-order valence-electron chi connectivity index (χ2n) is 6.27. The van der Waals surface area contributed by atoms with Crippen LogP contribution in [0.5, 0.6) is 0 Å². The Labute approximate surface area is 129 Å². The SMILES string of the molecule is O=C(Cc1nc(-c2ccccc2)cs1)C1C2CCCCC21. The van der Waals surface area contributed by atoms with Crippen molar-refractivity contribution in [1.29, 1.82) is 0 Å². The van der Waals surface area contributed by atoms with Gasteiger partial charge in [0.2, 0.25) is 0 Å². The van der Waals surface area contributed by atoms with Gasteiger partial charge in [-0.2, -0.15) is 0 Å². The predicted molar refractivity (Wildman–Crippen MR) is 85.2 cm³/mol. The fourth-order valence-electron chi connectivity index (χ4n) is 3.87. The van der Waals surface area contributed by atoms with Gasteiger partial charge in [0.1, 0.15) is 10.8 Å². The third-order valence-corrected chi connectivity index (χ3v) is 5.82. The molecule has 0 saturated heterocycles. The summed E-state index contributed by atoms with van der Waals surface area (Å²) in [5.41, 5.74) is 2.13. The quantitative estimate of drug-likeness (QED) is 0.839. The van der Waals surface area contributed by atoms with E-state index in [1.807, 2.05) is 18.2 Å². The van der Waals surface area contributed by atoms with Gasteiger partial charge in [0.15, 0.2) is 0 Å². The first-order valence-corrected chi connectivity index (χ1v) is 8.73. The summed E-state index contributed by atoms with van der Waals surface area (Å²) in [6.07, 6.45) is 5.72. The zero-order valence-electron chi connectivity index (χ0n) is 12.0. The van der Waals surface area contributed by atoms with Crippen molar-refractivity contribution in [1.82, 2.24) is 4.98 Å². The van der Waals surface area contributed by atoms with E-state index in [9.17, 15) is 4.79 Å². The van der Waals surface area contributed by atoms with Crippen LogP contribution in [0.4, 0.5) is 0 Å². The first-order valence-electron chi connectivity index (χ1n) is 7.85. The summed E-state index contributed by atoms with van der Waals surface area (Å²) in [4.78, 5) is 17.1. The second kappa shape index (κ2) is 5.38. The highest BCUT2D eigenvalue weighted by Crippen LogP contribution is 2.56. The monoisotopic (exact) mass is 297 g/mol. The van der Waals surface area contributed by atoms with Crippen LogP contribution in [0, 0.1) is 17.8 Å². The van der Waals surface area contributed by atoms with Gasteiger partial charge in [0.25, 0.3) is 0 Å². The standard InChI is InChI=1S/C18H19NOS/c20-16(18-13-8-4-5-9-14(13)18)10-17-19-15(11-21-17)12-6-2-1-3-7-12/h1-3,6-7,11,13-14,18H,4-5,8-10H2. The first kappa shape index (κ1) is 13.2. The number of hydrogen-bond donors (Lipinski definition) is 0. The van der Waals surface area contributed by atoms with Crippen molar-refractivity contribution in [2.45, 2.75) is 32.1 Å². The fourth-order valence-corrected chi connectivity index (χ4v) is 4.68. The number of aromatic nitrogens is 1. The van der Waals surface area contributed by atoms with Crippen LogP contribution in [0.2, 0.25) is 0 Å². The number of fused-ring (bicyclic) bond motifs is 1. The van der Waals surface area contributed by atoms with Crippen molar-refractivity contribution in [3.8, 4) is 11.3 Å². The third kappa shape index (κ3) is 2.55. The van der Waals surface area contributed by atoms with E-state index < -0.39 is 0 Å². The van der Waals surface area contributed by atoms with E-state index >= 15 is 0 Å². The topological polar surface area (TPSA) is 30.0 Å². The molecule has 2 aliphatic rings. The van der Waals surface area contributed by atoms with Gasteiger partial charge in [-0.25, -0.2) is 4.98 Å². The molecule has 0 spiro atoms. The lowest BCUT2D eigenvalue weighted by Gasteiger charge is -2.04. The van der Waals surface area contributed by atoms with E-state index in [1.54, 1.807) is 11.3 Å². The zero-order valence-corrected chi connectivity index (χ0v) is 12.8. The smallest absolute Gasteiger partial charge is 0.143 e. The Morgan fingerprint density at radius 1 is 1.14 bits per heavy atom. The Morgan fingerprint density at radius 2 is 1.86 bits per heavy atom. The average Bonchev–Trinajstić information content (AvgIpc) is 3.09. The van der Waals surface area contributed by atoms with Gasteiger partial charge in [0, 0.05) is 16.9 Å². The Morgan fingerprint density at radius 3 is 2.57 bits per heavy atom. The molecule has 0 amide bonds. The summed E-state index contributed by atoms with van der Waals surface area (Å²) in [6, 6.07) is 10.2. The molecule has 2 fully saturated rings. The van der Waals surface area contributed by atoms with E-state index in [-0.39, 0.29) is 0 Å². The molecule has 2 aliphatic carbocycles. The Kier molecular flexibility index (Phi) is 3.38. The highest BCUT2D eigenvalue weighted by Gasteiger charge is 2.54. The molecule has 2 saturated carbocycles. The molecular formula is C18H19NOS. The lowest BCUT2D eigenvalue weighted by molar-refractivity contribution is -0.120. The van der Waals surface area contributed by atoms with Crippen molar-refractivity contribution in [3.63, 3.8) is 0 Å². The molecule has 108 valence electrons. The minimum atomic E-state index is 0.358. The van der Waals surface area contributed by atoms with Crippen LogP contribution in [-0.4, -0.2) is 10.8 Å². The molecule has 4 rings (SSSR count). The van der Waals surface area contributed by atoms with Gasteiger partial charge in [-0.1, -0.05) is 43.2 Å². The molecule has 2 atom stereocenters. The van der Waals surface area contributed by atoms with Crippen LogP contribution in [0.3, 0.4) is 0 Å². The molecule has 3 heteroatoms. The molecule has 1 aromatic heterocycles. The summed E-state index contributed by atoms with van der Waals surface area (Å²) in [6.45, 7) is 0. The number of Topliss-reactive ketones (excluding diaryl/α,β-unsaturated/α-hetero) is 1. The third-order valence-electron chi connectivity index (χ3n) is 4.98. The first-order chi connectivity index (χ1) is 10.3. The van der Waals surface area contributed by atoms with E-state index in [2.05, 4.69) is 22.5 Å². The highest BCUT2D eigenvalue weighted by atomic mass is 32.1. The molecule has 0 aliphatic heterocycles. The van der Waals surface area contributed by atoms with Crippen LogP contribution in [-0.2, 0) is 11.2 Å². The summed E-state index contributed by atoms with van der Waals surface area (Å²) in [7, 11) is 0. The van der Waals surface area contributed by atoms with Crippen LogP contribution in [0.15, 0.2) is 35.7 Å². The van der Waals surface area contributed by atoms with Gasteiger partial charge in [0.05, 0.1) is 12.1 Å². The average molecular weight is 297 g/mol. The number of nitrogens with zero attached hydrogens (tertiary/aromatic N) is 1. The number of hydrogen-bond acceptors (Lipinski definition) is 3. The summed E-state index contributed by atoms with van der Waals surface area (Å²) >= 11 is 1.62. The summed E-state index contributed by atoms with van der Waals surface area (Å²) < 4.78 is 0. The minimum Gasteiger partial charge on any atom is -0.299 e. The lowest BCUT2D eigenvalue weighted by atomic mass is 10.0. The molecule has 1 heterocycles. The second-order valence-corrected chi connectivity index (χ2v) is 7.22. The molecule has 2 unspecified atom stereocenters. The maximum absolute atomic E-state index is 12.5. The van der Waals surface area contributed by atoms with Crippen molar-refractivity contribution in [2.24, 2.45) is 17.8 Å². The number of benzene rings is 1. The van der Waals surface area contributed by atoms with Crippen LogP contribution >= 0.6 is 11.3 Å². The van der Waals surface area contributed by atoms with E-state index in [4.69, 9.17) is 0 Å². The molecule has 0 bridgehead atoms. The molecule has 21 heavy (non-hydrogen) atoms. The maximum atomic E-state index is 12.5. The van der Waals surface area contributed by atoms with E-state index in [0.29, 0.717) is 30.0 Å². The van der Waals surface area contributed by atoms with Gasteiger partial charge < -0.3 is 0 Å². The molecule has 2 aromatic rings. The van der Waals surface area contributed by atoms with Crippen LogP contribution in [0.25, 0.3) is 11.3 Å². The van der Waals surface area contributed by atoms with E-state index in [0.717, 1.165) is 16.3 Å². The Balaban J connectivity index is 1.44. The van der Waals surface area contributed by atoms with Crippen molar-refractivity contribution >= 4 is 17.1 Å². The number of ketones is 1.